The summed E-state index contributed by atoms with van der Waals surface area (Å²) in [4.78, 5) is 17.8. The van der Waals surface area contributed by atoms with Gasteiger partial charge in [0.15, 0.2) is 17.9 Å². The molecule has 47 heavy (non-hydrogen) atoms. The Morgan fingerprint density at radius 1 is 1.02 bits per heavy atom. The minimum atomic E-state index is -4.01. The number of sulfonamides is 1. The summed E-state index contributed by atoms with van der Waals surface area (Å²) in [5.74, 6) is 1.67. The van der Waals surface area contributed by atoms with Gasteiger partial charge < -0.3 is 29.1 Å². The highest BCUT2D eigenvalue weighted by atomic mass is 32.2. The molecule has 2 aliphatic heterocycles. The van der Waals surface area contributed by atoms with Gasteiger partial charge in [-0.2, -0.15) is 4.31 Å². The van der Waals surface area contributed by atoms with Crippen LogP contribution in [0.15, 0.2) is 70.1 Å². The van der Waals surface area contributed by atoms with Crippen molar-refractivity contribution >= 4 is 16.1 Å². The van der Waals surface area contributed by atoms with Crippen LogP contribution in [0.25, 0.3) is 11.3 Å². The van der Waals surface area contributed by atoms with Gasteiger partial charge >= 0.3 is 6.09 Å². The molecule has 0 spiro atoms. The molecule has 6 rings (SSSR count). The van der Waals surface area contributed by atoms with E-state index in [-0.39, 0.29) is 66.4 Å². The first-order valence-electron chi connectivity index (χ1n) is 16.5. The quantitative estimate of drug-likeness (QED) is 0.263. The van der Waals surface area contributed by atoms with Crippen LogP contribution in [0, 0.1) is 23.7 Å². The van der Waals surface area contributed by atoms with Crippen molar-refractivity contribution in [3.63, 3.8) is 0 Å². The Balaban J connectivity index is 1.18. The number of oxazole rings is 1. The van der Waals surface area contributed by atoms with Crippen LogP contribution in [0.1, 0.15) is 51.5 Å². The number of nitrogens with zero attached hydrogens (tertiary/aromatic N) is 2. The Hall–Kier alpha value is -3.29. The number of nitrogens with one attached hydrogen (secondary N) is 1. The highest BCUT2D eigenvalue weighted by Gasteiger charge is 2.56. The van der Waals surface area contributed by atoms with Crippen molar-refractivity contribution in [2.24, 2.45) is 23.7 Å². The predicted octanol–water partition coefficient (Wildman–Crippen LogP) is 4.82. The lowest BCUT2D eigenvalue weighted by atomic mass is 9.98. The Kier molecular flexibility index (Phi) is 10.0. The lowest BCUT2D eigenvalue weighted by molar-refractivity contribution is -0.169. The number of alkyl carbamates (subject to hydrolysis) is 1. The summed E-state index contributed by atoms with van der Waals surface area (Å²) < 4.78 is 52.7. The molecule has 2 saturated heterocycles. The molecule has 11 nitrogen and oxygen atoms in total. The number of amides is 1. The highest BCUT2D eigenvalue weighted by molar-refractivity contribution is 7.89. The van der Waals surface area contributed by atoms with Crippen LogP contribution in [0.2, 0.25) is 0 Å². The van der Waals surface area contributed by atoms with E-state index >= 15 is 0 Å². The number of fused-ring (bicyclic) bond motifs is 1. The monoisotopic (exact) mass is 667 g/mol. The van der Waals surface area contributed by atoms with Crippen molar-refractivity contribution in [3.8, 4) is 11.3 Å². The van der Waals surface area contributed by atoms with Gasteiger partial charge in [-0.15, -0.1) is 0 Å². The minimum Gasteiger partial charge on any atom is -0.445 e. The van der Waals surface area contributed by atoms with Gasteiger partial charge in [-0.25, -0.2) is 18.2 Å². The SMILES string of the molecule is CC(C)CN(C[C@@H](O)C(Cc1ccccc1)NC(=O)OC1C2COC3OCC1C3C2)S(=O)(=O)c1ccc(-c2cnc(C(C)C)o2)cc1. The second kappa shape index (κ2) is 14.1. The largest absolute Gasteiger partial charge is 0.445 e. The molecule has 6 unspecified atom stereocenters. The maximum atomic E-state index is 14.0. The third kappa shape index (κ3) is 7.41. The summed E-state index contributed by atoms with van der Waals surface area (Å²) in [5, 5.41) is 14.5. The number of carbonyl (C=O) groups is 1. The molecule has 2 N–H and O–H groups in total. The fourth-order valence-corrected chi connectivity index (χ4v) is 8.57. The number of hydrogen-bond donors (Lipinski definition) is 2. The van der Waals surface area contributed by atoms with Crippen molar-refractivity contribution in [1.29, 1.82) is 0 Å². The van der Waals surface area contributed by atoms with Crippen LogP contribution in [0.4, 0.5) is 4.79 Å². The zero-order chi connectivity index (χ0) is 33.3. The summed E-state index contributed by atoms with van der Waals surface area (Å²) in [6.45, 7) is 8.73. The second-order valence-corrected chi connectivity index (χ2v) is 15.6. The fraction of sp³-hybridized carbons (Fsp3) is 0.543. The summed E-state index contributed by atoms with van der Waals surface area (Å²) in [6, 6.07) is 15.1. The van der Waals surface area contributed by atoms with Crippen molar-refractivity contribution in [1.82, 2.24) is 14.6 Å². The molecule has 3 aliphatic rings. The molecule has 2 bridgehead atoms. The predicted molar refractivity (Wildman–Crippen MR) is 174 cm³/mol. The molecule has 7 atom stereocenters. The lowest BCUT2D eigenvalue weighted by Gasteiger charge is -2.31. The van der Waals surface area contributed by atoms with Gasteiger partial charge in [0.1, 0.15) is 6.10 Å². The molecule has 3 heterocycles. The van der Waals surface area contributed by atoms with Gasteiger partial charge in [-0.3, -0.25) is 0 Å². The zero-order valence-electron chi connectivity index (χ0n) is 27.3. The summed E-state index contributed by atoms with van der Waals surface area (Å²) >= 11 is 0. The standard InChI is InChI=1S/C35H45N3O8S/c1-21(2)17-38(47(41,42)26-12-10-24(11-13-26)31-16-36-33(45-31)22(3)4)18-30(39)29(14-23-8-6-5-7-9-23)37-35(40)46-32-25-15-27-28(32)20-44-34(27)43-19-25/h5-13,16,21-22,25,27-30,32,34,39H,14-15,17-20H2,1-4H3,(H,37,40)/t25?,27?,28?,29?,30-,32?,34?/m1/s1. The number of ether oxygens (including phenoxy) is 3. The van der Waals surface area contributed by atoms with Crippen LogP contribution in [-0.2, 0) is 30.7 Å². The number of aromatic nitrogens is 1. The first-order chi connectivity index (χ1) is 22.5. The van der Waals surface area contributed by atoms with Gasteiger partial charge in [0.2, 0.25) is 10.0 Å². The molecule has 0 radical (unpaired) electrons. The summed E-state index contributed by atoms with van der Waals surface area (Å²) in [6.07, 6.45) is 0.366. The number of aliphatic hydroxyl groups excluding tert-OH is 1. The molecule has 1 aromatic heterocycles. The van der Waals surface area contributed by atoms with Gasteiger partial charge in [0.25, 0.3) is 0 Å². The molecule has 1 amide bonds. The van der Waals surface area contributed by atoms with Crippen LogP contribution in [0.5, 0.6) is 0 Å². The number of carbonyl (C=O) groups excluding carboxylic acids is 1. The summed E-state index contributed by atoms with van der Waals surface area (Å²) in [7, 11) is -4.01. The Labute approximate surface area is 276 Å². The number of hydrogen-bond acceptors (Lipinski definition) is 9. The molecule has 3 fully saturated rings. The Morgan fingerprint density at radius 2 is 1.74 bits per heavy atom. The van der Waals surface area contributed by atoms with Crippen LogP contribution in [-0.4, -0.2) is 79.7 Å². The van der Waals surface area contributed by atoms with Gasteiger partial charge in [-0.1, -0.05) is 58.0 Å². The smallest absolute Gasteiger partial charge is 0.407 e. The second-order valence-electron chi connectivity index (χ2n) is 13.7. The Bertz CT molecular complexity index is 1610. The van der Waals surface area contributed by atoms with E-state index in [1.165, 1.54) is 16.4 Å². The molecule has 12 heteroatoms. The van der Waals surface area contributed by atoms with Crippen LogP contribution in [0.3, 0.4) is 0 Å². The van der Waals surface area contributed by atoms with Crippen molar-refractivity contribution in [2.45, 2.75) is 75.9 Å². The van der Waals surface area contributed by atoms with E-state index in [0.29, 0.717) is 30.4 Å². The highest BCUT2D eigenvalue weighted by Crippen LogP contribution is 2.49. The first kappa shape index (κ1) is 33.6. The minimum absolute atomic E-state index is 0.0215. The van der Waals surface area contributed by atoms with E-state index in [9.17, 15) is 18.3 Å². The maximum Gasteiger partial charge on any atom is 0.407 e. The molecule has 254 valence electrons. The van der Waals surface area contributed by atoms with E-state index in [0.717, 1.165) is 12.0 Å². The fourth-order valence-electron chi connectivity index (χ4n) is 6.95. The molecule has 1 saturated carbocycles. The van der Waals surface area contributed by atoms with E-state index in [4.69, 9.17) is 18.6 Å². The van der Waals surface area contributed by atoms with Crippen LogP contribution < -0.4 is 5.32 Å². The number of benzene rings is 2. The lowest BCUT2D eigenvalue weighted by Crippen LogP contribution is -2.52. The molecular weight excluding hydrogens is 622 g/mol. The average Bonchev–Trinajstić information content (AvgIpc) is 3.76. The van der Waals surface area contributed by atoms with Crippen molar-refractivity contribution in [2.75, 3.05) is 26.3 Å². The number of rotatable bonds is 13. The van der Waals surface area contributed by atoms with E-state index in [1.54, 1.807) is 18.3 Å². The van der Waals surface area contributed by atoms with Crippen LogP contribution >= 0.6 is 0 Å². The van der Waals surface area contributed by atoms with E-state index < -0.39 is 28.3 Å². The number of aliphatic hydroxyl groups is 1. The van der Waals surface area contributed by atoms with Crippen molar-refractivity contribution in [3.05, 3.63) is 72.2 Å². The van der Waals surface area contributed by atoms with Gasteiger partial charge in [0.05, 0.1) is 36.5 Å². The summed E-state index contributed by atoms with van der Waals surface area (Å²) in [5.41, 5.74) is 1.60. The zero-order valence-corrected chi connectivity index (χ0v) is 28.1. The topological polar surface area (TPSA) is 140 Å². The molecular formula is C35H45N3O8S. The van der Waals surface area contributed by atoms with E-state index in [2.05, 4.69) is 10.3 Å². The van der Waals surface area contributed by atoms with Gasteiger partial charge in [0, 0.05) is 42.3 Å². The third-order valence-corrected chi connectivity index (χ3v) is 11.2. The first-order valence-corrected chi connectivity index (χ1v) is 17.9. The maximum absolute atomic E-state index is 14.0. The average molecular weight is 668 g/mol. The normalized spacial score (nSPS) is 25.0. The third-order valence-electron chi connectivity index (χ3n) is 9.35. The molecule has 1 aliphatic carbocycles. The van der Waals surface area contributed by atoms with Gasteiger partial charge in [-0.05, 0) is 48.6 Å². The molecule has 2 aromatic carbocycles. The molecule has 3 aromatic rings. The Morgan fingerprint density at radius 3 is 2.43 bits per heavy atom. The van der Waals surface area contributed by atoms with E-state index in [1.807, 2.05) is 58.0 Å². The van der Waals surface area contributed by atoms with Crippen molar-refractivity contribution < 1.29 is 36.9 Å².